The van der Waals surface area contributed by atoms with Crippen molar-refractivity contribution in [3.8, 4) is 11.1 Å². The zero-order chi connectivity index (χ0) is 30.5. The summed E-state index contributed by atoms with van der Waals surface area (Å²) in [5.41, 5.74) is 10.8. The number of nitrogens with zero attached hydrogens (tertiary/aromatic N) is 2. The van der Waals surface area contributed by atoms with E-state index in [0.717, 1.165) is 39.4 Å². The Morgan fingerprint density at radius 1 is 0.814 bits per heavy atom. The third-order valence-corrected chi connectivity index (χ3v) is 8.94. The van der Waals surface area contributed by atoms with Gasteiger partial charge in [-0.15, -0.1) is 0 Å². The van der Waals surface area contributed by atoms with E-state index in [1.54, 1.807) is 0 Å². The molecular weight excluding hydrogens is 540 g/mol. The quantitative estimate of drug-likeness (QED) is 0.220. The minimum atomic E-state index is -4.26. The molecule has 2 aliphatic rings. The average molecular weight is 574 g/mol. The number of hydrogen-bond acceptors (Lipinski definition) is 2. The Morgan fingerprint density at radius 3 is 2.28 bits per heavy atom. The van der Waals surface area contributed by atoms with Crippen molar-refractivity contribution in [3.63, 3.8) is 0 Å². The summed E-state index contributed by atoms with van der Waals surface area (Å²) in [6.45, 7) is 8.95. The molecule has 3 aromatic carbocycles. The molecular formula is C37H34BF3N2. The normalized spacial score (nSPS) is 16.4. The van der Waals surface area contributed by atoms with Crippen LogP contribution in [0.2, 0.25) is 5.82 Å². The number of para-hydroxylation sites is 1. The van der Waals surface area contributed by atoms with Gasteiger partial charge in [0, 0.05) is 17.7 Å². The number of rotatable bonds is 5. The second-order valence-corrected chi connectivity index (χ2v) is 12.5. The summed E-state index contributed by atoms with van der Waals surface area (Å²) in [6, 6.07) is 24.5. The summed E-state index contributed by atoms with van der Waals surface area (Å²) >= 11 is 0. The predicted octanol–water partition coefficient (Wildman–Crippen LogP) is 8.52. The van der Waals surface area contributed by atoms with Gasteiger partial charge in [0.1, 0.15) is 0 Å². The lowest BCUT2D eigenvalue weighted by Crippen LogP contribution is -2.52. The third kappa shape index (κ3) is 5.40. The van der Waals surface area contributed by atoms with Crippen molar-refractivity contribution in [1.82, 2.24) is 4.98 Å². The number of alkyl halides is 3. The van der Waals surface area contributed by atoms with Crippen LogP contribution in [0.3, 0.4) is 0 Å². The van der Waals surface area contributed by atoms with Gasteiger partial charge >= 0.3 is 6.18 Å². The summed E-state index contributed by atoms with van der Waals surface area (Å²) in [5.74, 6) is 0.0539. The Morgan fingerprint density at radius 2 is 1.56 bits per heavy atom. The van der Waals surface area contributed by atoms with Crippen molar-refractivity contribution in [3.05, 3.63) is 125 Å². The van der Waals surface area contributed by atoms with Gasteiger partial charge in [0.15, 0.2) is 0 Å². The molecule has 0 N–H and O–H groups in total. The van der Waals surface area contributed by atoms with Crippen molar-refractivity contribution in [2.24, 2.45) is 10.4 Å². The molecule has 0 radical (unpaired) electrons. The fraction of sp³-hybridized carbons (Fsp3) is 0.243. The van der Waals surface area contributed by atoms with Crippen LogP contribution >= 0.6 is 0 Å². The number of aromatic nitrogens is 1. The molecule has 2 heterocycles. The van der Waals surface area contributed by atoms with Crippen LogP contribution in [0.25, 0.3) is 16.7 Å². The Bertz CT molecular complexity index is 1790. The van der Waals surface area contributed by atoms with E-state index in [1.807, 2.05) is 43.5 Å². The molecule has 1 atom stereocenters. The minimum Gasteiger partial charge on any atom is -0.256 e. The number of pyridine rings is 1. The molecule has 0 bridgehead atoms. The maximum absolute atomic E-state index is 13.5. The zero-order valence-corrected chi connectivity index (χ0v) is 25.1. The van der Waals surface area contributed by atoms with Crippen LogP contribution < -0.4 is 10.9 Å². The van der Waals surface area contributed by atoms with E-state index in [0.29, 0.717) is 5.56 Å². The van der Waals surface area contributed by atoms with Crippen LogP contribution in [0, 0.1) is 26.2 Å². The first-order valence-corrected chi connectivity index (χ1v) is 14.7. The molecule has 6 rings (SSSR count). The second kappa shape index (κ2) is 10.8. The molecule has 43 heavy (non-hydrogen) atoms. The molecule has 1 aliphatic carbocycles. The molecule has 6 heteroatoms. The molecule has 1 aromatic heterocycles. The fourth-order valence-electron chi connectivity index (χ4n) is 6.53. The van der Waals surface area contributed by atoms with Gasteiger partial charge in [-0.05, 0) is 84.8 Å². The van der Waals surface area contributed by atoms with E-state index in [2.05, 4.69) is 74.5 Å². The molecule has 2 nitrogen and oxygen atoms in total. The lowest BCUT2D eigenvalue weighted by Gasteiger charge is -2.32. The number of halogens is 3. The molecule has 0 spiro atoms. The summed E-state index contributed by atoms with van der Waals surface area (Å²) in [5, 5.41) is 0. The minimum absolute atomic E-state index is 0.0539. The van der Waals surface area contributed by atoms with Crippen LogP contribution in [-0.2, 0) is 6.42 Å². The van der Waals surface area contributed by atoms with Gasteiger partial charge in [-0.3, -0.25) is 9.98 Å². The first kappa shape index (κ1) is 28.9. The number of fused-ring (bicyclic) bond motifs is 2. The van der Waals surface area contributed by atoms with Gasteiger partial charge in [-0.2, -0.15) is 13.2 Å². The summed E-state index contributed by atoms with van der Waals surface area (Å²) in [4.78, 5) is 9.79. The SMILES string of the molecule is Cc1cc(CC(C)(C)C(F)(F)F)ccc1-c1ccnc(C2=CC3B(c4c(C)cccc4C)c4ccccc4N=C3C=C2)c1. The number of aliphatic imine (C=N–C) groups is 1. The highest BCUT2D eigenvalue weighted by atomic mass is 19.4. The molecule has 4 aromatic rings. The van der Waals surface area contributed by atoms with Crippen LogP contribution in [0.5, 0.6) is 0 Å². The molecule has 1 aliphatic heterocycles. The van der Waals surface area contributed by atoms with Gasteiger partial charge in [0.2, 0.25) is 6.71 Å². The maximum Gasteiger partial charge on any atom is 0.394 e. The first-order valence-electron chi connectivity index (χ1n) is 14.7. The molecule has 1 unspecified atom stereocenters. The van der Waals surface area contributed by atoms with Gasteiger partial charge in [-0.1, -0.05) is 97.2 Å². The van der Waals surface area contributed by atoms with Crippen LogP contribution in [0.15, 0.2) is 102 Å². The van der Waals surface area contributed by atoms with Gasteiger partial charge < -0.3 is 0 Å². The van der Waals surface area contributed by atoms with E-state index in [-0.39, 0.29) is 19.0 Å². The van der Waals surface area contributed by atoms with E-state index in [9.17, 15) is 13.2 Å². The molecule has 0 fully saturated rings. The van der Waals surface area contributed by atoms with Crippen LogP contribution in [-0.4, -0.2) is 23.6 Å². The van der Waals surface area contributed by atoms with Crippen LogP contribution in [0.4, 0.5) is 18.9 Å². The van der Waals surface area contributed by atoms with Crippen molar-refractivity contribution >= 4 is 34.6 Å². The van der Waals surface area contributed by atoms with Crippen LogP contribution in [0.1, 0.15) is 41.8 Å². The Labute approximate surface area is 252 Å². The Kier molecular flexibility index (Phi) is 7.28. The van der Waals surface area contributed by atoms with Crippen molar-refractivity contribution in [1.29, 1.82) is 0 Å². The highest BCUT2D eigenvalue weighted by Crippen LogP contribution is 2.41. The lowest BCUT2D eigenvalue weighted by molar-refractivity contribution is -0.211. The van der Waals surface area contributed by atoms with Crippen molar-refractivity contribution < 1.29 is 13.2 Å². The highest BCUT2D eigenvalue weighted by molar-refractivity contribution is 6.91. The van der Waals surface area contributed by atoms with Crippen molar-refractivity contribution in [2.45, 2.75) is 53.0 Å². The molecule has 0 saturated heterocycles. The summed E-state index contributed by atoms with van der Waals surface area (Å²) in [7, 11) is 0. The van der Waals surface area contributed by atoms with Crippen molar-refractivity contribution in [2.75, 3.05) is 0 Å². The molecule has 216 valence electrons. The monoisotopic (exact) mass is 574 g/mol. The zero-order valence-electron chi connectivity index (χ0n) is 25.1. The number of benzene rings is 3. The standard InChI is InChI=1S/C37H34BF3N2/c1-23-9-8-10-24(2)35(23)38-30-11-6-7-12-32(30)43-33-16-14-28(20-31(33)38)34-21-27(17-18-42-34)29-15-13-26(19-25(29)3)22-36(4,5)37(39,40)41/h6-21,31H,22H2,1-5H3. The van der Waals surface area contributed by atoms with Gasteiger partial charge in [0.25, 0.3) is 0 Å². The molecule has 0 saturated carbocycles. The van der Waals surface area contributed by atoms with Gasteiger partial charge in [0.05, 0.1) is 16.8 Å². The number of hydrogen-bond donors (Lipinski definition) is 0. The topological polar surface area (TPSA) is 25.2 Å². The maximum atomic E-state index is 13.5. The number of allylic oxidation sites excluding steroid dienone is 4. The summed E-state index contributed by atoms with van der Waals surface area (Å²) in [6.07, 6.45) is 3.99. The van der Waals surface area contributed by atoms with E-state index in [4.69, 9.17) is 9.98 Å². The Hall–Kier alpha value is -4.19. The highest BCUT2D eigenvalue weighted by Gasteiger charge is 2.47. The summed E-state index contributed by atoms with van der Waals surface area (Å²) < 4.78 is 40.5. The number of aryl methyl sites for hydroxylation is 3. The fourth-order valence-corrected chi connectivity index (χ4v) is 6.53. The average Bonchev–Trinajstić information content (AvgIpc) is 2.96. The smallest absolute Gasteiger partial charge is 0.256 e. The van der Waals surface area contributed by atoms with E-state index >= 15 is 0 Å². The lowest BCUT2D eigenvalue weighted by atomic mass is 9.30. The van der Waals surface area contributed by atoms with E-state index in [1.165, 1.54) is 35.9 Å². The first-order chi connectivity index (χ1) is 20.4. The van der Waals surface area contributed by atoms with Gasteiger partial charge in [-0.25, -0.2) is 0 Å². The largest absolute Gasteiger partial charge is 0.394 e. The predicted molar refractivity (Wildman–Crippen MR) is 173 cm³/mol. The Balaban J connectivity index is 1.37. The second-order valence-electron chi connectivity index (χ2n) is 12.5. The third-order valence-electron chi connectivity index (χ3n) is 8.94. The van der Waals surface area contributed by atoms with E-state index < -0.39 is 11.6 Å². The molecule has 0 amide bonds.